The molecule has 17 heterocycles. The SMILES string of the molecule is CC(=O)Nc1ccc2c(c1)CCN2c1ncnc2sc(C(=O)CC3CCN(C)CC3)nc12.CC(C)Oc1cc(F)ccc1Nc1ncnc2sc(CO)nc12.CC(C)Oc1cc(F)ccc1Nc1ncnc2scnc12.CN1CCC(CC(=O)c2nc3c(N4CCc5cc([N+](=O)[O-])ccc54)ncnc3s2)CC1.O=C(CC1CCOCC1)c1nc2c(N3CCc4ncccc43)ncnc2s1. The summed E-state index contributed by atoms with van der Waals surface area (Å²) in [4.78, 5) is 145. The van der Waals surface area contributed by atoms with E-state index in [2.05, 4.69) is 124 Å². The van der Waals surface area contributed by atoms with Gasteiger partial charge in [-0.3, -0.25) is 34.3 Å². The second kappa shape index (κ2) is 42.1. The van der Waals surface area contributed by atoms with Gasteiger partial charge in [0.25, 0.3) is 5.69 Å². The molecule has 0 bridgehead atoms. The van der Waals surface area contributed by atoms with Crippen LogP contribution in [0.15, 0.2) is 128 Å². The predicted molar refractivity (Wildman–Crippen MR) is 514 cm³/mol. The number of non-ortho nitro benzene ring substituents is 1. The van der Waals surface area contributed by atoms with E-state index in [1.54, 1.807) is 42.4 Å². The number of nitro benzene ring substituents is 1. The van der Waals surface area contributed by atoms with E-state index in [1.807, 2.05) is 69.1 Å². The molecular weight excluding hydrogens is 1810 g/mol. The van der Waals surface area contributed by atoms with Crippen molar-refractivity contribution < 1.29 is 52.2 Å². The molecular formula is C92H95F2N25O10S5. The van der Waals surface area contributed by atoms with Crippen molar-refractivity contribution >= 4 is 201 Å². The molecule has 4 aromatic carbocycles. The Balaban J connectivity index is 0.000000118. The number of aliphatic hydroxyl groups excluding tert-OH is 1. The maximum absolute atomic E-state index is 13.5. The highest BCUT2D eigenvalue weighted by molar-refractivity contribution is 7.21. The first kappa shape index (κ1) is 92.9. The zero-order valence-electron chi connectivity index (χ0n) is 74.3. The lowest BCUT2D eigenvalue weighted by molar-refractivity contribution is -0.384. The van der Waals surface area contributed by atoms with Gasteiger partial charge >= 0.3 is 0 Å². The number of nitrogens with one attached hydrogen (secondary N) is 3. The molecule has 11 aromatic heterocycles. The summed E-state index contributed by atoms with van der Waals surface area (Å²) in [7, 11) is 4.24. The lowest BCUT2D eigenvalue weighted by Crippen LogP contribution is -2.31. The summed E-state index contributed by atoms with van der Waals surface area (Å²) in [5.41, 5.74) is 13.2. The molecule has 6 aliphatic rings. The average molecular weight is 1910 g/mol. The fraction of sp³-hybridized carbons (Fsp3) is 0.370. The second-order valence-corrected chi connectivity index (χ2v) is 38.4. The summed E-state index contributed by atoms with van der Waals surface area (Å²) in [6.45, 7) is 16.7. The molecule has 1 amide bonds. The average Bonchev–Trinajstić information content (AvgIpc) is 1.62. The minimum Gasteiger partial charge on any atom is -0.489 e. The quantitative estimate of drug-likeness (QED) is 0.0262. The number of nitro groups is 1. The fourth-order valence-corrected chi connectivity index (χ4v) is 20.6. The molecule has 15 aromatic rings. The number of aliphatic hydroxyl groups is 1. The van der Waals surface area contributed by atoms with Crippen LogP contribution in [0.1, 0.15) is 144 Å². The largest absolute Gasteiger partial charge is 0.489 e. The topological polar surface area (TPSA) is 418 Å². The van der Waals surface area contributed by atoms with Gasteiger partial charge in [-0.2, -0.15) is 0 Å². The summed E-state index contributed by atoms with van der Waals surface area (Å²) in [5.74, 6) is 4.70. The number of aromatic nitrogens is 16. The van der Waals surface area contributed by atoms with Gasteiger partial charge in [-0.25, -0.2) is 83.5 Å². The van der Waals surface area contributed by atoms with Gasteiger partial charge in [0, 0.05) is 113 Å². The minimum atomic E-state index is -0.380. The number of ketones is 3. The molecule has 0 aliphatic carbocycles. The van der Waals surface area contributed by atoms with E-state index in [1.165, 1.54) is 113 Å². The van der Waals surface area contributed by atoms with E-state index in [4.69, 9.17) is 19.2 Å². The summed E-state index contributed by atoms with van der Waals surface area (Å²) >= 11 is 6.77. The Hall–Kier alpha value is -12.9. The molecule has 692 valence electrons. The number of Topliss-reactive ketones (excluding diaryl/α,β-unsaturated/α-hetero) is 3. The monoisotopic (exact) mass is 1910 g/mol. The highest BCUT2D eigenvalue weighted by Crippen LogP contribution is 2.44. The van der Waals surface area contributed by atoms with Crippen LogP contribution in [0.3, 0.4) is 0 Å². The van der Waals surface area contributed by atoms with Crippen LogP contribution >= 0.6 is 56.7 Å². The summed E-state index contributed by atoms with van der Waals surface area (Å²) < 4.78 is 43.5. The molecule has 0 unspecified atom stereocenters. The third kappa shape index (κ3) is 21.9. The highest BCUT2D eigenvalue weighted by Gasteiger charge is 2.33. The van der Waals surface area contributed by atoms with Crippen LogP contribution < -0.4 is 40.1 Å². The maximum Gasteiger partial charge on any atom is 0.269 e. The first-order chi connectivity index (χ1) is 65.0. The second-order valence-electron chi connectivity index (χ2n) is 33.5. The molecule has 0 radical (unpaired) electrons. The number of rotatable bonds is 23. The Morgan fingerprint density at radius 3 is 1.46 bits per heavy atom. The Morgan fingerprint density at radius 1 is 0.507 bits per heavy atom. The van der Waals surface area contributed by atoms with Gasteiger partial charge in [0.15, 0.2) is 61.5 Å². The number of halogens is 2. The zero-order valence-corrected chi connectivity index (χ0v) is 78.4. The zero-order chi connectivity index (χ0) is 93.2. The molecule has 35 nitrogen and oxygen atoms in total. The maximum atomic E-state index is 13.5. The molecule has 4 N–H and O–H groups in total. The number of pyridine rings is 1. The van der Waals surface area contributed by atoms with E-state index < -0.39 is 0 Å². The van der Waals surface area contributed by atoms with E-state index >= 15 is 0 Å². The number of thiazole rings is 5. The number of anilines is 11. The number of nitrogens with zero attached hydrogens (tertiary/aromatic N) is 22. The van der Waals surface area contributed by atoms with Gasteiger partial charge in [0.1, 0.15) is 112 Å². The number of likely N-dealkylation sites (tertiary alicyclic amines) is 2. The summed E-state index contributed by atoms with van der Waals surface area (Å²) in [6.07, 6.45) is 19.2. The molecule has 6 aliphatic heterocycles. The number of ether oxygens (including phenoxy) is 3. The van der Waals surface area contributed by atoms with Crippen molar-refractivity contribution in [3.63, 3.8) is 0 Å². The van der Waals surface area contributed by atoms with E-state index in [9.17, 15) is 43.2 Å². The van der Waals surface area contributed by atoms with Crippen LogP contribution in [0.5, 0.6) is 11.5 Å². The Morgan fingerprint density at radius 2 is 0.963 bits per heavy atom. The molecule has 3 fully saturated rings. The van der Waals surface area contributed by atoms with Gasteiger partial charge in [0.05, 0.1) is 52.0 Å². The van der Waals surface area contributed by atoms with Crippen LogP contribution in [0.4, 0.5) is 77.7 Å². The van der Waals surface area contributed by atoms with Crippen LogP contribution in [-0.2, 0) is 35.4 Å². The number of fused-ring (bicyclic) bond motifs is 8. The number of carbonyl (C=O) groups is 4. The van der Waals surface area contributed by atoms with Gasteiger partial charge in [-0.15, -0.1) is 11.3 Å². The molecule has 0 spiro atoms. The third-order valence-corrected chi connectivity index (χ3v) is 28.0. The van der Waals surface area contributed by atoms with Crippen LogP contribution in [0.25, 0.3) is 51.7 Å². The van der Waals surface area contributed by atoms with Crippen LogP contribution in [-0.4, -0.2) is 208 Å². The predicted octanol–water partition coefficient (Wildman–Crippen LogP) is 17.4. The van der Waals surface area contributed by atoms with Crippen molar-refractivity contribution in [3.05, 3.63) is 187 Å². The highest BCUT2D eigenvalue weighted by atomic mass is 32.1. The lowest BCUT2D eigenvalue weighted by atomic mass is 9.92. The lowest BCUT2D eigenvalue weighted by Gasteiger charge is -2.28. The van der Waals surface area contributed by atoms with Gasteiger partial charge < -0.3 is 59.8 Å². The Bertz CT molecular complexity index is 6820. The van der Waals surface area contributed by atoms with Crippen molar-refractivity contribution in [2.75, 3.05) is 104 Å². The number of hydrogen-bond donors (Lipinski definition) is 4. The number of benzene rings is 4. The van der Waals surface area contributed by atoms with E-state index in [0.717, 1.165) is 170 Å². The molecule has 21 rings (SSSR count). The third-order valence-electron chi connectivity index (χ3n) is 23.3. The van der Waals surface area contributed by atoms with Crippen molar-refractivity contribution in [1.82, 2.24) is 89.5 Å². The molecule has 0 atom stereocenters. The summed E-state index contributed by atoms with van der Waals surface area (Å²) in [5, 5.41) is 31.5. The van der Waals surface area contributed by atoms with E-state index in [0.29, 0.717) is 148 Å². The standard InChI is InChI=1S/C23H26N6O2S.C21H22N6O3S.C19H19N5O2S.C15H15FN4O2S.C14H13FN4OS/c1-14(30)26-17-3-4-18-16(12-17)7-10-29(18)21-20-23(25-13-24-21)32-22(27-20)19(31)11-15-5-8-28(2)9-6-15;1-25-7-4-13(5-8-25)10-17(28)20-24-18-19(22-12-23-21(18)31-20)26-9-6-14-11-15(27(29)30)2-3-16(14)26;25-15(10-12-4-8-26-9-5-12)18-23-16-17(21-11-22-19(16)27-18)24-7-3-13-14(24)2-1-6-20-13;1-8(2)22-11-5-9(16)3-4-10(11)19-14-13-15(18-7-17-14)23-12(6-21)20-13;1-8(2)20-11-5-9(15)3-4-10(11)19-13-12-14(17-6-16-13)21-7-18-12/h3-4,12-13,15H,5-11H2,1-2H3,(H,26,30);2-3,11-13H,4-10H2,1H3;1-2,6,11-12H,3-5,7-10H2;3-5,7-8,21H,6H2,1-2H3,(H,17,18,19);3-8H,1-2H3,(H,16,17,19). The smallest absolute Gasteiger partial charge is 0.269 e. The van der Waals surface area contributed by atoms with Crippen molar-refractivity contribution in [3.8, 4) is 11.5 Å². The first-order valence-corrected chi connectivity index (χ1v) is 48.2. The van der Waals surface area contributed by atoms with Gasteiger partial charge in [-0.1, -0.05) is 45.3 Å². The molecule has 3 saturated heterocycles. The first-order valence-electron chi connectivity index (χ1n) is 44.0. The molecule has 42 heteroatoms. The fourth-order valence-electron chi connectivity index (χ4n) is 16.7. The molecule has 134 heavy (non-hydrogen) atoms. The minimum absolute atomic E-state index is 0.0583. The Kier molecular flexibility index (Phi) is 29.2. The van der Waals surface area contributed by atoms with Crippen LogP contribution in [0, 0.1) is 39.5 Å². The van der Waals surface area contributed by atoms with Crippen molar-refractivity contribution in [2.45, 2.75) is 130 Å². The Labute approximate surface area is 787 Å². The number of piperidine rings is 2. The summed E-state index contributed by atoms with van der Waals surface area (Å²) in [6, 6.07) is 23.3. The van der Waals surface area contributed by atoms with Crippen molar-refractivity contribution in [2.24, 2.45) is 17.8 Å². The molecule has 0 saturated carbocycles. The normalized spacial score (nSPS) is 15.2. The number of hydrogen-bond acceptors (Lipinski definition) is 38. The van der Waals surface area contributed by atoms with Gasteiger partial charge in [-0.05, 0) is 209 Å². The van der Waals surface area contributed by atoms with Gasteiger partial charge in [0.2, 0.25) is 5.91 Å². The van der Waals surface area contributed by atoms with Crippen LogP contribution in [0.2, 0.25) is 0 Å². The number of carbonyl (C=O) groups excluding carboxylic acids is 4. The van der Waals surface area contributed by atoms with Crippen molar-refractivity contribution in [1.29, 1.82) is 0 Å². The van der Waals surface area contributed by atoms with E-state index in [-0.39, 0.29) is 64.3 Å². The number of amides is 1.